The second-order valence-electron chi connectivity index (χ2n) is 11.3. The number of ether oxygens (including phenoxy) is 8. The van der Waals surface area contributed by atoms with Crippen LogP contribution < -0.4 is 14.2 Å². The Hall–Kier alpha value is -4.50. The van der Waals surface area contributed by atoms with E-state index in [0.717, 1.165) is 12.2 Å². The Morgan fingerprint density at radius 1 is 0.784 bits per heavy atom. The molecule has 51 heavy (non-hydrogen) atoms. The molecule has 2 aliphatic heterocycles. The molecular weight excluding hydrogens is 684 g/mol. The number of aliphatic hydroxyl groups excluding tert-OH is 6. The zero-order chi connectivity index (χ0) is 37.5. The van der Waals surface area contributed by atoms with Crippen LogP contribution in [0.3, 0.4) is 0 Å². The van der Waals surface area contributed by atoms with Crippen LogP contribution in [0.5, 0.6) is 28.7 Å². The Labute approximate surface area is 290 Å². The van der Waals surface area contributed by atoms with Gasteiger partial charge in [-0.1, -0.05) is 6.07 Å². The van der Waals surface area contributed by atoms with Crippen molar-refractivity contribution in [3.63, 3.8) is 0 Å². The van der Waals surface area contributed by atoms with E-state index < -0.39 is 86.6 Å². The summed E-state index contributed by atoms with van der Waals surface area (Å²) in [5.41, 5.74) is 0.803. The van der Waals surface area contributed by atoms with Crippen molar-refractivity contribution < 1.29 is 88.3 Å². The first-order valence-electron chi connectivity index (χ1n) is 15.3. The zero-order valence-corrected chi connectivity index (χ0v) is 27.6. The van der Waals surface area contributed by atoms with E-state index in [1.54, 1.807) is 0 Å². The van der Waals surface area contributed by atoms with Crippen LogP contribution in [0.2, 0.25) is 0 Å². The maximum Gasteiger partial charge on any atom is 0.331 e. The summed E-state index contributed by atoms with van der Waals surface area (Å²) < 4.78 is 42.5. The fourth-order valence-corrected chi connectivity index (χ4v) is 5.27. The van der Waals surface area contributed by atoms with Crippen molar-refractivity contribution >= 4 is 24.1 Å². The summed E-state index contributed by atoms with van der Waals surface area (Å²) in [7, 11) is 3.98. The van der Waals surface area contributed by atoms with Gasteiger partial charge in [-0.05, 0) is 47.5 Å². The molecule has 0 aliphatic carbocycles. The summed E-state index contributed by atoms with van der Waals surface area (Å²) in [5.74, 6) is -4.59. The minimum atomic E-state index is -2.48. The first-order valence-corrected chi connectivity index (χ1v) is 15.3. The third-order valence-corrected chi connectivity index (χ3v) is 8.02. The Kier molecular flexibility index (Phi) is 13.2. The molecule has 2 fully saturated rings. The van der Waals surface area contributed by atoms with Crippen LogP contribution in [-0.2, 0) is 33.3 Å². The van der Waals surface area contributed by atoms with E-state index in [4.69, 9.17) is 37.9 Å². The van der Waals surface area contributed by atoms with Crippen LogP contribution in [0.25, 0.3) is 12.2 Å². The SMILES string of the molecule is COc1cc(C=CC(=O)OC2C(O)C(CO)OC2(CO)OC2OC(COC(=O)C=Cc3cc(OC)c(O)c(OC)c3)C(O)C(O)C2O)ccc1O. The minimum Gasteiger partial charge on any atom is -0.504 e. The number of hydrogen-bond acceptors (Lipinski definition) is 18. The van der Waals surface area contributed by atoms with Gasteiger partial charge in [0.2, 0.25) is 11.5 Å². The number of hydrogen-bond donors (Lipinski definition) is 8. The van der Waals surface area contributed by atoms with Gasteiger partial charge >= 0.3 is 11.9 Å². The van der Waals surface area contributed by atoms with Crippen molar-refractivity contribution in [2.75, 3.05) is 41.2 Å². The first-order chi connectivity index (χ1) is 24.3. The fourth-order valence-electron chi connectivity index (χ4n) is 5.27. The lowest BCUT2D eigenvalue weighted by atomic mass is 9.99. The van der Waals surface area contributed by atoms with Gasteiger partial charge in [-0.25, -0.2) is 9.59 Å². The highest BCUT2D eigenvalue weighted by Gasteiger charge is 2.60. The molecule has 0 radical (unpaired) electrons. The van der Waals surface area contributed by atoms with Gasteiger partial charge < -0.3 is 78.7 Å². The van der Waals surface area contributed by atoms with Gasteiger partial charge in [0.25, 0.3) is 0 Å². The third kappa shape index (κ3) is 8.87. The Morgan fingerprint density at radius 2 is 1.39 bits per heavy atom. The highest BCUT2D eigenvalue weighted by Crippen LogP contribution is 2.39. The molecule has 18 heteroatoms. The van der Waals surface area contributed by atoms with E-state index in [9.17, 15) is 50.4 Å². The average molecular weight is 725 g/mol. The van der Waals surface area contributed by atoms with E-state index in [1.165, 1.54) is 63.8 Å². The lowest BCUT2D eigenvalue weighted by molar-refractivity contribution is -0.383. The summed E-state index contributed by atoms with van der Waals surface area (Å²) >= 11 is 0. The number of esters is 2. The van der Waals surface area contributed by atoms with E-state index in [-0.39, 0.29) is 28.7 Å². The number of methoxy groups -OCH3 is 3. The molecule has 18 nitrogen and oxygen atoms in total. The highest BCUT2D eigenvalue weighted by atomic mass is 16.8. The second-order valence-corrected chi connectivity index (χ2v) is 11.3. The quantitative estimate of drug-likeness (QED) is 0.0819. The number of carbonyl (C=O) groups excluding carboxylic acids is 2. The average Bonchev–Trinajstić information content (AvgIpc) is 3.39. The van der Waals surface area contributed by atoms with Crippen LogP contribution in [-0.4, -0.2) is 149 Å². The van der Waals surface area contributed by atoms with Crippen LogP contribution >= 0.6 is 0 Å². The third-order valence-electron chi connectivity index (χ3n) is 8.02. The van der Waals surface area contributed by atoms with E-state index in [2.05, 4.69) is 0 Å². The Bertz CT molecular complexity index is 1550. The number of phenolic OH excluding ortho intramolecular Hbond substituents is 2. The van der Waals surface area contributed by atoms with E-state index in [0.29, 0.717) is 11.1 Å². The fraction of sp³-hybridized carbons (Fsp3) is 0.455. The molecule has 0 bridgehead atoms. The molecule has 0 amide bonds. The first kappa shape index (κ1) is 39.3. The van der Waals surface area contributed by atoms with Crippen molar-refractivity contribution in [2.45, 2.75) is 54.8 Å². The van der Waals surface area contributed by atoms with E-state index >= 15 is 0 Å². The number of benzene rings is 2. The molecule has 2 aliphatic rings. The number of aromatic hydroxyl groups is 2. The zero-order valence-electron chi connectivity index (χ0n) is 27.6. The summed E-state index contributed by atoms with van der Waals surface area (Å²) in [4.78, 5) is 25.3. The van der Waals surface area contributed by atoms with Gasteiger partial charge in [0.15, 0.2) is 35.4 Å². The maximum absolute atomic E-state index is 12.8. The van der Waals surface area contributed by atoms with Crippen molar-refractivity contribution in [1.29, 1.82) is 0 Å². The van der Waals surface area contributed by atoms with Gasteiger partial charge in [-0.3, -0.25) is 0 Å². The monoisotopic (exact) mass is 724 g/mol. The van der Waals surface area contributed by atoms with E-state index in [1.807, 2.05) is 0 Å². The van der Waals surface area contributed by atoms with Crippen molar-refractivity contribution in [1.82, 2.24) is 0 Å². The summed E-state index contributed by atoms with van der Waals surface area (Å²) in [6.07, 6.45) is -9.77. The summed E-state index contributed by atoms with van der Waals surface area (Å²) in [6.45, 7) is -2.65. The lowest BCUT2D eigenvalue weighted by Gasteiger charge is -2.43. The number of phenols is 2. The highest BCUT2D eigenvalue weighted by molar-refractivity contribution is 5.88. The van der Waals surface area contributed by atoms with Crippen LogP contribution in [0, 0.1) is 0 Å². The maximum atomic E-state index is 12.8. The molecule has 2 heterocycles. The molecule has 2 aromatic rings. The molecule has 9 atom stereocenters. The second kappa shape index (κ2) is 17.1. The van der Waals surface area contributed by atoms with Crippen molar-refractivity contribution in [3.8, 4) is 28.7 Å². The molecule has 4 rings (SSSR count). The molecule has 280 valence electrons. The molecule has 0 spiro atoms. The molecule has 8 N–H and O–H groups in total. The van der Waals surface area contributed by atoms with Gasteiger partial charge in [0, 0.05) is 12.2 Å². The minimum absolute atomic E-state index is 0.0769. The molecular formula is C33H40O18. The number of aliphatic hydroxyl groups is 6. The van der Waals surface area contributed by atoms with Gasteiger partial charge in [-0.15, -0.1) is 0 Å². The Balaban J connectivity index is 1.47. The van der Waals surface area contributed by atoms with Gasteiger partial charge in [-0.2, -0.15) is 0 Å². The van der Waals surface area contributed by atoms with Crippen molar-refractivity contribution in [2.24, 2.45) is 0 Å². The molecule has 2 aromatic carbocycles. The smallest absolute Gasteiger partial charge is 0.331 e. The molecule has 0 aromatic heterocycles. The lowest BCUT2D eigenvalue weighted by Crippen LogP contribution is -2.63. The molecule has 9 unspecified atom stereocenters. The largest absolute Gasteiger partial charge is 0.504 e. The van der Waals surface area contributed by atoms with Crippen molar-refractivity contribution in [3.05, 3.63) is 53.6 Å². The summed E-state index contributed by atoms with van der Waals surface area (Å²) in [5, 5.41) is 82.7. The summed E-state index contributed by atoms with van der Waals surface area (Å²) in [6, 6.07) is 7.06. The van der Waals surface area contributed by atoms with Gasteiger partial charge in [0.05, 0.1) is 27.9 Å². The Morgan fingerprint density at radius 3 is 2.00 bits per heavy atom. The molecule has 2 saturated heterocycles. The van der Waals surface area contributed by atoms with Gasteiger partial charge in [0.1, 0.15) is 49.8 Å². The number of carbonyl (C=O) groups is 2. The predicted octanol–water partition coefficient (Wildman–Crippen LogP) is -1.43. The predicted molar refractivity (Wildman–Crippen MR) is 170 cm³/mol. The van der Waals surface area contributed by atoms with Crippen LogP contribution in [0.15, 0.2) is 42.5 Å². The standard InChI is InChI=1S/C33H40O18/c1-44-19-10-16(4-7-18(19)36)5-9-25(38)49-31-28(41)22(13-34)50-33(31,15-35)51-32-30(43)29(42)27(40)23(48-32)14-47-24(37)8-6-17-11-20(45-2)26(39)21(12-17)46-3/h4-12,22-23,27-32,34-36,39-43H,13-15H2,1-3H3. The number of rotatable bonds is 14. The van der Waals surface area contributed by atoms with Crippen LogP contribution in [0.4, 0.5) is 0 Å². The topological polar surface area (TPSA) is 270 Å². The molecule has 0 saturated carbocycles. The normalized spacial score (nSPS) is 29.3. The van der Waals surface area contributed by atoms with Crippen LogP contribution in [0.1, 0.15) is 11.1 Å².